The molecular weight excluding hydrogens is 190 g/mol. The largest absolute Gasteiger partial charge is 0.508 e. The lowest BCUT2D eigenvalue weighted by Crippen LogP contribution is -2.12. The first-order valence-electron chi connectivity index (χ1n) is 4.86. The first-order valence-corrected chi connectivity index (χ1v) is 4.86. The van der Waals surface area contributed by atoms with Gasteiger partial charge in [-0.3, -0.25) is 0 Å². The second-order valence-electron chi connectivity index (χ2n) is 3.31. The van der Waals surface area contributed by atoms with Gasteiger partial charge in [0.2, 0.25) is 0 Å². The minimum atomic E-state index is 0.324. The number of aromatic hydroxyl groups is 1. The van der Waals surface area contributed by atoms with Crippen LogP contribution >= 0.6 is 0 Å². The number of rotatable bonds is 4. The summed E-state index contributed by atoms with van der Waals surface area (Å²) >= 11 is 0. The van der Waals surface area contributed by atoms with E-state index in [1.165, 1.54) is 0 Å². The van der Waals surface area contributed by atoms with Crippen LogP contribution in [0.15, 0.2) is 47.1 Å². The van der Waals surface area contributed by atoms with Crippen LogP contribution in [0.1, 0.15) is 11.3 Å². The van der Waals surface area contributed by atoms with Crippen molar-refractivity contribution >= 4 is 0 Å². The van der Waals surface area contributed by atoms with Gasteiger partial charge in [-0.25, -0.2) is 0 Å². The first-order chi connectivity index (χ1) is 7.36. The van der Waals surface area contributed by atoms with Gasteiger partial charge in [-0.15, -0.1) is 0 Å². The lowest BCUT2D eigenvalue weighted by atomic mass is 10.2. The Kier molecular flexibility index (Phi) is 3.05. The molecule has 0 spiro atoms. The van der Waals surface area contributed by atoms with Gasteiger partial charge in [0.15, 0.2) is 0 Å². The van der Waals surface area contributed by atoms with Crippen LogP contribution < -0.4 is 5.32 Å². The molecule has 2 N–H and O–H groups in total. The third kappa shape index (κ3) is 2.60. The molecule has 3 heteroatoms. The van der Waals surface area contributed by atoms with Crippen LogP contribution in [0.4, 0.5) is 0 Å². The van der Waals surface area contributed by atoms with Gasteiger partial charge in [0.05, 0.1) is 12.8 Å². The smallest absolute Gasteiger partial charge is 0.120 e. The summed E-state index contributed by atoms with van der Waals surface area (Å²) in [5.41, 5.74) is 0.893. The van der Waals surface area contributed by atoms with Crippen LogP contribution in [0.2, 0.25) is 0 Å². The van der Waals surface area contributed by atoms with E-state index >= 15 is 0 Å². The quantitative estimate of drug-likeness (QED) is 0.801. The first kappa shape index (κ1) is 9.80. The topological polar surface area (TPSA) is 45.4 Å². The molecule has 0 fully saturated rings. The molecule has 1 aromatic carbocycles. The van der Waals surface area contributed by atoms with E-state index in [1.807, 2.05) is 30.3 Å². The van der Waals surface area contributed by atoms with E-state index in [4.69, 9.17) is 4.42 Å². The van der Waals surface area contributed by atoms with Gasteiger partial charge in [-0.2, -0.15) is 0 Å². The van der Waals surface area contributed by atoms with Crippen LogP contribution in [0.25, 0.3) is 0 Å². The standard InChI is InChI=1S/C12H13NO2/c14-12-6-2-1-4-10(12)8-13-9-11-5-3-7-15-11/h1-7,13-14H,8-9H2. The summed E-state index contributed by atoms with van der Waals surface area (Å²) in [5.74, 6) is 1.22. The normalized spacial score (nSPS) is 10.4. The van der Waals surface area contributed by atoms with E-state index < -0.39 is 0 Å². The molecule has 2 rings (SSSR count). The number of hydrogen-bond acceptors (Lipinski definition) is 3. The van der Waals surface area contributed by atoms with Crippen LogP contribution in [0.5, 0.6) is 5.75 Å². The second-order valence-corrected chi connectivity index (χ2v) is 3.31. The van der Waals surface area contributed by atoms with Crippen molar-refractivity contribution in [1.29, 1.82) is 0 Å². The van der Waals surface area contributed by atoms with Crippen molar-refractivity contribution in [3.8, 4) is 5.75 Å². The van der Waals surface area contributed by atoms with Crippen LogP contribution in [0, 0.1) is 0 Å². The zero-order valence-corrected chi connectivity index (χ0v) is 8.31. The predicted molar refractivity (Wildman–Crippen MR) is 57.4 cm³/mol. The van der Waals surface area contributed by atoms with Crippen molar-refractivity contribution in [2.75, 3.05) is 0 Å². The van der Waals surface area contributed by atoms with E-state index in [9.17, 15) is 5.11 Å². The molecule has 0 aliphatic rings. The summed E-state index contributed by atoms with van der Waals surface area (Å²) in [6.07, 6.45) is 1.65. The van der Waals surface area contributed by atoms with Crippen molar-refractivity contribution in [3.63, 3.8) is 0 Å². The minimum Gasteiger partial charge on any atom is -0.508 e. The van der Waals surface area contributed by atoms with E-state index in [0.717, 1.165) is 11.3 Å². The summed E-state index contributed by atoms with van der Waals surface area (Å²) in [7, 11) is 0. The Bertz CT molecular complexity index is 409. The van der Waals surface area contributed by atoms with Crippen molar-refractivity contribution in [2.45, 2.75) is 13.1 Å². The molecule has 0 aliphatic heterocycles. The minimum absolute atomic E-state index is 0.324. The summed E-state index contributed by atoms with van der Waals surface area (Å²) in [6.45, 7) is 1.30. The molecule has 0 radical (unpaired) electrons. The summed E-state index contributed by atoms with van der Waals surface area (Å²) in [4.78, 5) is 0. The van der Waals surface area contributed by atoms with Crippen molar-refractivity contribution in [2.24, 2.45) is 0 Å². The van der Waals surface area contributed by atoms with Gasteiger partial charge in [0.25, 0.3) is 0 Å². The molecular formula is C12H13NO2. The molecule has 1 aromatic heterocycles. The highest BCUT2D eigenvalue weighted by atomic mass is 16.3. The number of benzene rings is 1. The molecule has 0 unspecified atom stereocenters. The third-order valence-electron chi connectivity index (χ3n) is 2.19. The molecule has 0 saturated heterocycles. The fourth-order valence-electron chi connectivity index (χ4n) is 1.39. The van der Waals surface area contributed by atoms with Gasteiger partial charge in [-0.1, -0.05) is 18.2 Å². The fourth-order valence-corrected chi connectivity index (χ4v) is 1.39. The predicted octanol–water partition coefficient (Wildman–Crippen LogP) is 2.28. The third-order valence-corrected chi connectivity index (χ3v) is 2.19. The molecule has 0 atom stereocenters. The van der Waals surface area contributed by atoms with E-state index in [1.54, 1.807) is 12.3 Å². The van der Waals surface area contributed by atoms with Gasteiger partial charge in [0, 0.05) is 12.1 Å². The number of hydrogen-bond donors (Lipinski definition) is 2. The molecule has 0 aliphatic carbocycles. The average molecular weight is 203 g/mol. The Balaban J connectivity index is 1.86. The summed E-state index contributed by atoms with van der Waals surface area (Å²) in [5, 5.41) is 12.7. The van der Waals surface area contributed by atoms with Gasteiger partial charge >= 0.3 is 0 Å². The molecule has 0 bridgehead atoms. The Labute approximate surface area is 88.4 Å². The molecule has 15 heavy (non-hydrogen) atoms. The number of phenols is 1. The number of furan rings is 1. The van der Waals surface area contributed by atoms with Crippen molar-refractivity contribution in [3.05, 3.63) is 54.0 Å². The zero-order valence-electron chi connectivity index (χ0n) is 8.31. The van der Waals surface area contributed by atoms with Gasteiger partial charge < -0.3 is 14.8 Å². The highest BCUT2D eigenvalue weighted by Gasteiger charge is 1.99. The molecule has 1 heterocycles. The lowest BCUT2D eigenvalue weighted by Gasteiger charge is -2.04. The summed E-state index contributed by atoms with van der Waals surface area (Å²) < 4.78 is 5.18. The second kappa shape index (κ2) is 4.66. The Morgan fingerprint density at radius 1 is 1.07 bits per heavy atom. The van der Waals surface area contributed by atoms with Crippen LogP contribution in [-0.2, 0) is 13.1 Å². The van der Waals surface area contributed by atoms with Crippen molar-refractivity contribution < 1.29 is 9.52 Å². The van der Waals surface area contributed by atoms with Crippen LogP contribution in [0.3, 0.4) is 0 Å². The van der Waals surface area contributed by atoms with E-state index in [-0.39, 0.29) is 0 Å². The number of phenolic OH excluding ortho intramolecular Hbond substituents is 1. The summed E-state index contributed by atoms with van der Waals surface area (Å²) in [6, 6.07) is 11.1. The monoisotopic (exact) mass is 203 g/mol. The fraction of sp³-hybridized carbons (Fsp3) is 0.167. The Morgan fingerprint density at radius 2 is 1.93 bits per heavy atom. The number of nitrogens with one attached hydrogen (secondary N) is 1. The van der Waals surface area contributed by atoms with E-state index in [2.05, 4.69) is 5.32 Å². The highest BCUT2D eigenvalue weighted by Crippen LogP contribution is 2.14. The average Bonchev–Trinajstić information content (AvgIpc) is 2.74. The lowest BCUT2D eigenvalue weighted by molar-refractivity contribution is 0.456. The number of para-hydroxylation sites is 1. The molecule has 3 nitrogen and oxygen atoms in total. The SMILES string of the molecule is Oc1ccccc1CNCc1ccco1. The zero-order chi connectivity index (χ0) is 10.5. The van der Waals surface area contributed by atoms with E-state index in [0.29, 0.717) is 18.8 Å². The van der Waals surface area contributed by atoms with Crippen molar-refractivity contribution in [1.82, 2.24) is 5.32 Å². The highest BCUT2D eigenvalue weighted by molar-refractivity contribution is 5.31. The van der Waals surface area contributed by atoms with Gasteiger partial charge in [0.1, 0.15) is 11.5 Å². The maximum Gasteiger partial charge on any atom is 0.120 e. The van der Waals surface area contributed by atoms with Crippen LogP contribution in [-0.4, -0.2) is 5.11 Å². The maximum absolute atomic E-state index is 9.50. The molecule has 0 saturated carbocycles. The molecule has 2 aromatic rings. The van der Waals surface area contributed by atoms with Gasteiger partial charge in [-0.05, 0) is 18.2 Å². The molecule has 78 valence electrons. The Morgan fingerprint density at radius 3 is 2.67 bits per heavy atom. The maximum atomic E-state index is 9.50. The Hall–Kier alpha value is -1.74. The molecule has 0 amide bonds.